The third kappa shape index (κ3) is 1.99. The largest absolute Gasteiger partial charge is 0.199 e. The lowest BCUT2D eigenvalue weighted by Gasteiger charge is -2.12. The molecule has 0 amide bonds. The number of hydrogen-bond acceptors (Lipinski definition) is 0. The molecule has 0 unspecified atom stereocenters. The monoisotopic (exact) mass is 138 g/mol. The van der Waals surface area contributed by atoms with Crippen LogP contribution in [0.1, 0.15) is 0 Å². The van der Waals surface area contributed by atoms with Gasteiger partial charge in [-0.1, -0.05) is 31.6 Å². The number of allylic oxidation sites excluding steroid dienone is 3. The minimum Gasteiger partial charge on any atom is -0.141 e. The van der Waals surface area contributed by atoms with Crippen molar-refractivity contribution in [1.82, 2.24) is 0 Å². The Balaban J connectivity index is 2.46. The van der Waals surface area contributed by atoms with Crippen molar-refractivity contribution in [3.63, 3.8) is 0 Å². The van der Waals surface area contributed by atoms with Gasteiger partial charge in [-0.3, -0.25) is 0 Å². The first-order valence-corrected chi connectivity index (χ1v) is 5.61. The molecule has 1 aliphatic heterocycles. The van der Waals surface area contributed by atoms with Crippen LogP contribution in [0.3, 0.4) is 0 Å². The van der Waals surface area contributed by atoms with Crippen LogP contribution in [0.25, 0.3) is 0 Å². The van der Waals surface area contributed by atoms with E-state index < -0.39 is 0 Å². The highest BCUT2D eigenvalue weighted by atomic mass is 31.1. The second-order valence-electron chi connectivity index (χ2n) is 2.58. The molecule has 9 heavy (non-hydrogen) atoms. The van der Waals surface area contributed by atoms with Crippen LogP contribution in [0.2, 0.25) is 6.32 Å². The Kier molecular flexibility index (Phi) is 2.54. The van der Waals surface area contributed by atoms with Crippen molar-refractivity contribution < 1.29 is 0 Å². The van der Waals surface area contributed by atoms with Crippen molar-refractivity contribution >= 4 is 14.2 Å². The normalized spacial score (nSPS) is 17.4. The van der Waals surface area contributed by atoms with E-state index in [4.69, 9.17) is 0 Å². The molecule has 0 fully saturated rings. The first-order chi connectivity index (χ1) is 4.30. The second-order valence-corrected chi connectivity index (χ2v) is 5.17. The molecule has 0 saturated carbocycles. The summed E-state index contributed by atoms with van der Waals surface area (Å²) in [4.78, 5) is 0. The zero-order chi connectivity index (χ0) is 6.69. The molecule has 1 aliphatic rings. The highest BCUT2D eigenvalue weighted by Gasteiger charge is 2.12. The van der Waals surface area contributed by atoms with Gasteiger partial charge in [0.05, 0.1) is 0 Å². The third-order valence-corrected chi connectivity index (χ3v) is 3.33. The Labute approximate surface area is 58.8 Å². The maximum absolute atomic E-state index is 2.34. The summed E-state index contributed by atoms with van der Waals surface area (Å²) in [6.45, 7) is 4.67. The average Bonchev–Trinajstić information content (AvgIpc) is 1.90. The molecule has 0 radical (unpaired) electrons. The molecule has 0 aromatic carbocycles. The van der Waals surface area contributed by atoms with E-state index in [0.717, 1.165) is 6.43 Å². The molecule has 48 valence electrons. The highest BCUT2D eigenvalue weighted by Crippen LogP contribution is 2.33. The highest BCUT2D eigenvalue weighted by molar-refractivity contribution is 7.90. The fraction of sp³-hybridized carbons (Fsp3) is 0.429. The molecule has 0 spiro atoms. The van der Waals surface area contributed by atoms with Gasteiger partial charge in [-0.05, 0) is 6.32 Å². The van der Waals surface area contributed by atoms with Crippen molar-refractivity contribution in [3.05, 3.63) is 24.2 Å². The predicted molar refractivity (Wildman–Crippen MR) is 47.6 cm³/mol. The molecule has 1 rings (SSSR count). The molecule has 0 N–H and O–H groups in total. The lowest BCUT2D eigenvalue weighted by molar-refractivity contribution is 1.64. The first kappa shape index (κ1) is 7.09. The van der Waals surface area contributed by atoms with Gasteiger partial charge in [0.1, 0.15) is 0 Å². The minimum atomic E-state index is 0.243. The molecule has 0 nitrogen and oxygen atoms in total. The van der Waals surface area contributed by atoms with Crippen molar-refractivity contribution in [2.45, 2.75) is 6.32 Å². The smallest absolute Gasteiger partial charge is 0.141 e. The molecule has 0 saturated heterocycles. The van der Waals surface area contributed by atoms with Gasteiger partial charge >= 0.3 is 0 Å². The average molecular weight is 138 g/mol. The molecule has 0 atom stereocenters. The van der Waals surface area contributed by atoms with Crippen LogP contribution in [0.5, 0.6) is 0 Å². The summed E-state index contributed by atoms with van der Waals surface area (Å²) < 4.78 is 0. The van der Waals surface area contributed by atoms with E-state index in [0.29, 0.717) is 0 Å². The Morgan fingerprint density at radius 3 is 2.44 bits per heavy atom. The van der Waals surface area contributed by atoms with Crippen molar-refractivity contribution in [2.75, 3.05) is 13.3 Å². The van der Waals surface area contributed by atoms with Gasteiger partial charge in [0.25, 0.3) is 0 Å². The fourth-order valence-corrected chi connectivity index (χ4v) is 1.94. The fourth-order valence-electron chi connectivity index (χ4n) is 0.950. The van der Waals surface area contributed by atoms with E-state index in [1.54, 1.807) is 0 Å². The zero-order valence-corrected chi connectivity index (χ0v) is 6.94. The van der Waals surface area contributed by atoms with E-state index in [9.17, 15) is 0 Å². The predicted octanol–water partition coefficient (Wildman–Crippen LogP) is 2.38. The second kappa shape index (κ2) is 3.22. The van der Waals surface area contributed by atoms with Crippen LogP contribution in [0.15, 0.2) is 24.2 Å². The van der Waals surface area contributed by atoms with E-state index >= 15 is 0 Å². The Morgan fingerprint density at radius 2 is 2.11 bits per heavy atom. The standard InChI is InChI=1S/C7H12BP/c1-9(2)8-6-4-3-5-7-8/h3-6H,7H2,1-2H3. The van der Waals surface area contributed by atoms with E-state index in [-0.39, 0.29) is 7.80 Å². The summed E-state index contributed by atoms with van der Waals surface area (Å²) in [7, 11) is 0.243. The third-order valence-electron chi connectivity index (χ3n) is 1.62. The van der Waals surface area contributed by atoms with Gasteiger partial charge in [0.15, 0.2) is 6.43 Å². The molecular weight excluding hydrogens is 126 g/mol. The van der Waals surface area contributed by atoms with Crippen LogP contribution >= 0.6 is 7.80 Å². The lowest BCUT2D eigenvalue weighted by Crippen LogP contribution is -2.06. The van der Waals surface area contributed by atoms with Crippen LogP contribution in [-0.4, -0.2) is 19.8 Å². The molecule has 1 heterocycles. The summed E-state index contributed by atoms with van der Waals surface area (Å²) >= 11 is 0. The summed E-state index contributed by atoms with van der Waals surface area (Å²) in [5.41, 5.74) is 0. The lowest BCUT2D eigenvalue weighted by atomic mass is 9.70. The Morgan fingerprint density at radius 1 is 1.33 bits per heavy atom. The maximum Gasteiger partial charge on any atom is 0.199 e. The first-order valence-electron chi connectivity index (χ1n) is 3.30. The van der Waals surface area contributed by atoms with Crippen molar-refractivity contribution in [1.29, 1.82) is 0 Å². The number of hydrogen-bond donors (Lipinski definition) is 0. The molecule has 0 bridgehead atoms. The van der Waals surface area contributed by atoms with E-state index in [2.05, 4.69) is 37.5 Å². The van der Waals surface area contributed by atoms with Gasteiger partial charge in [-0.25, -0.2) is 0 Å². The zero-order valence-electron chi connectivity index (χ0n) is 6.04. The van der Waals surface area contributed by atoms with Gasteiger partial charge in [0.2, 0.25) is 0 Å². The van der Waals surface area contributed by atoms with Crippen LogP contribution in [0, 0.1) is 0 Å². The van der Waals surface area contributed by atoms with Crippen LogP contribution in [-0.2, 0) is 0 Å². The SMILES string of the molecule is CP(C)B1C=CC=CC1. The quantitative estimate of drug-likeness (QED) is 0.385. The van der Waals surface area contributed by atoms with Crippen molar-refractivity contribution in [2.24, 2.45) is 0 Å². The van der Waals surface area contributed by atoms with Crippen LogP contribution < -0.4 is 0 Å². The van der Waals surface area contributed by atoms with Gasteiger partial charge in [-0.2, -0.15) is 0 Å². The Hall–Kier alpha value is -0.0251. The molecule has 0 aromatic rings. The molecule has 2 heteroatoms. The van der Waals surface area contributed by atoms with Crippen LogP contribution in [0.4, 0.5) is 0 Å². The van der Waals surface area contributed by atoms with Gasteiger partial charge in [-0.15, -0.1) is 13.8 Å². The topological polar surface area (TPSA) is 0 Å². The van der Waals surface area contributed by atoms with Crippen molar-refractivity contribution in [3.8, 4) is 0 Å². The van der Waals surface area contributed by atoms with Gasteiger partial charge in [0, 0.05) is 0 Å². The Bertz CT molecular complexity index is 138. The van der Waals surface area contributed by atoms with Gasteiger partial charge < -0.3 is 0 Å². The summed E-state index contributed by atoms with van der Waals surface area (Å²) in [6.07, 6.45) is 8.67. The van der Waals surface area contributed by atoms with E-state index in [1.807, 2.05) is 0 Å². The molecular formula is C7H12BP. The summed E-state index contributed by atoms with van der Waals surface area (Å²) in [5, 5.41) is 0. The molecule has 0 aliphatic carbocycles. The number of rotatable bonds is 1. The minimum absolute atomic E-state index is 0.243. The maximum atomic E-state index is 2.34. The summed E-state index contributed by atoms with van der Waals surface area (Å²) in [6, 6.07) is 0. The summed E-state index contributed by atoms with van der Waals surface area (Å²) in [5.74, 6) is 2.33. The molecule has 0 aromatic heterocycles. The van der Waals surface area contributed by atoms with E-state index in [1.165, 1.54) is 6.32 Å².